The van der Waals surface area contributed by atoms with Crippen molar-refractivity contribution in [1.29, 1.82) is 0 Å². The van der Waals surface area contributed by atoms with E-state index in [-0.39, 0.29) is 0 Å². The fourth-order valence-corrected chi connectivity index (χ4v) is 1.59. The molecule has 0 aromatic heterocycles. The number of rotatable bonds is 9. The van der Waals surface area contributed by atoms with Crippen LogP contribution in [0.3, 0.4) is 0 Å². The average molecular weight is 215 g/mol. The minimum atomic E-state index is 0.756. The molecule has 0 fully saturated rings. The Balaban J connectivity index is 3.42. The van der Waals surface area contributed by atoms with Crippen molar-refractivity contribution in [2.45, 2.75) is 40.5 Å². The van der Waals surface area contributed by atoms with Crippen molar-refractivity contribution in [3.8, 4) is 0 Å². The minimum Gasteiger partial charge on any atom is -0.385 e. The summed E-state index contributed by atoms with van der Waals surface area (Å²) in [6.07, 6.45) is 2.46. The van der Waals surface area contributed by atoms with Crippen molar-refractivity contribution in [2.75, 3.05) is 26.8 Å². The Morgan fingerprint density at radius 1 is 1.00 bits per heavy atom. The largest absolute Gasteiger partial charge is 0.385 e. The Morgan fingerprint density at radius 2 is 1.60 bits per heavy atom. The summed E-state index contributed by atoms with van der Waals surface area (Å²) >= 11 is 0. The van der Waals surface area contributed by atoms with E-state index < -0.39 is 0 Å². The molecule has 0 aliphatic rings. The number of ether oxygens (including phenoxy) is 1. The lowest BCUT2D eigenvalue weighted by molar-refractivity contribution is 0.166. The molecule has 0 bridgehead atoms. The van der Waals surface area contributed by atoms with Crippen LogP contribution in [0.5, 0.6) is 0 Å². The second kappa shape index (κ2) is 9.17. The third-order valence-corrected chi connectivity index (χ3v) is 3.08. The van der Waals surface area contributed by atoms with E-state index in [1.165, 1.54) is 12.8 Å². The first kappa shape index (κ1) is 14.9. The minimum absolute atomic E-state index is 0.756. The van der Waals surface area contributed by atoms with Gasteiger partial charge in [0, 0.05) is 13.7 Å². The molecule has 0 saturated heterocycles. The van der Waals surface area contributed by atoms with E-state index in [0.29, 0.717) is 0 Å². The van der Waals surface area contributed by atoms with Crippen LogP contribution in [0.1, 0.15) is 40.5 Å². The molecular formula is C13H29NO. The van der Waals surface area contributed by atoms with Crippen LogP contribution in [0.4, 0.5) is 0 Å². The molecule has 2 heteroatoms. The maximum absolute atomic E-state index is 5.10. The van der Waals surface area contributed by atoms with E-state index in [0.717, 1.165) is 37.5 Å². The monoisotopic (exact) mass is 215 g/mol. The van der Waals surface area contributed by atoms with Gasteiger partial charge >= 0.3 is 0 Å². The Hall–Kier alpha value is -0.0800. The molecule has 1 N–H and O–H groups in total. The molecule has 15 heavy (non-hydrogen) atoms. The number of hydrogen-bond acceptors (Lipinski definition) is 2. The average Bonchev–Trinajstić information content (AvgIpc) is 2.20. The Bertz CT molecular complexity index is 136. The van der Waals surface area contributed by atoms with Crippen LogP contribution in [0.15, 0.2) is 0 Å². The fourth-order valence-electron chi connectivity index (χ4n) is 1.59. The van der Waals surface area contributed by atoms with E-state index in [2.05, 4.69) is 33.0 Å². The molecule has 0 heterocycles. The van der Waals surface area contributed by atoms with Crippen LogP contribution >= 0.6 is 0 Å². The first-order valence-electron chi connectivity index (χ1n) is 6.27. The van der Waals surface area contributed by atoms with E-state index in [4.69, 9.17) is 4.74 Å². The SMILES string of the molecule is COCCC(C)C(C)CCNCC(C)C. The zero-order valence-electron chi connectivity index (χ0n) is 11.2. The summed E-state index contributed by atoms with van der Waals surface area (Å²) in [5.74, 6) is 2.32. The lowest BCUT2D eigenvalue weighted by Gasteiger charge is -2.20. The molecule has 0 saturated carbocycles. The number of hydrogen-bond donors (Lipinski definition) is 1. The van der Waals surface area contributed by atoms with E-state index in [1.54, 1.807) is 7.11 Å². The van der Waals surface area contributed by atoms with Crippen LogP contribution < -0.4 is 5.32 Å². The third kappa shape index (κ3) is 8.88. The molecule has 0 aliphatic heterocycles. The van der Waals surface area contributed by atoms with Crippen molar-refractivity contribution < 1.29 is 4.74 Å². The summed E-state index contributed by atoms with van der Waals surface area (Å²) in [6.45, 7) is 12.3. The highest BCUT2D eigenvalue weighted by Gasteiger charge is 2.11. The molecule has 0 aliphatic carbocycles. The summed E-state index contributed by atoms with van der Waals surface area (Å²) in [4.78, 5) is 0. The fraction of sp³-hybridized carbons (Fsp3) is 1.00. The van der Waals surface area contributed by atoms with Crippen LogP contribution in [-0.2, 0) is 4.74 Å². The summed E-state index contributed by atoms with van der Waals surface area (Å²) in [6, 6.07) is 0. The van der Waals surface area contributed by atoms with E-state index in [9.17, 15) is 0 Å². The molecule has 2 nitrogen and oxygen atoms in total. The van der Waals surface area contributed by atoms with Gasteiger partial charge in [-0.05, 0) is 43.7 Å². The summed E-state index contributed by atoms with van der Waals surface area (Å²) < 4.78 is 5.10. The molecule has 0 aromatic rings. The van der Waals surface area contributed by atoms with Crippen LogP contribution in [0, 0.1) is 17.8 Å². The molecule has 0 spiro atoms. The molecular weight excluding hydrogens is 186 g/mol. The van der Waals surface area contributed by atoms with Crippen LogP contribution in [-0.4, -0.2) is 26.8 Å². The van der Waals surface area contributed by atoms with Crippen molar-refractivity contribution in [3.63, 3.8) is 0 Å². The van der Waals surface area contributed by atoms with Crippen molar-refractivity contribution in [2.24, 2.45) is 17.8 Å². The predicted octanol–water partition coefficient (Wildman–Crippen LogP) is 2.93. The third-order valence-electron chi connectivity index (χ3n) is 3.08. The predicted molar refractivity (Wildman–Crippen MR) is 67.1 cm³/mol. The lowest BCUT2D eigenvalue weighted by Crippen LogP contribution is -2.23. The molecule has 2 atom stereocenters. The normalized spacial score (nSPS) is 15.6. The maximum Gasteiger partial charge on any atom is 0.0464 e. The van der Waals surface area contributed by atoms with Gasteiger partial charge in [-0.25, -0.2) is 0 Å². The van der Waals surface area contributed by atoms with Gasteiger partial charge in [0.05, 0.1) is 0 Å². The number of methoxy groups -OCH3 is 1. The molecule has 92 valence electrons. The standard InChI is InChI=1S/C13H29NO/c1-11(2)10-14-8-6-12(3)13(4)7-9-15-5/h11-14H,6-10H2,1-5H3. The van der Waals surface area contributed by atoms with Gasteiger partial charge in [-0.15, -0.1) is 0 Å². The van der Waals surface area contributed by atoms with Gasteiger partial charge in [-0.3, -0.25) is 0 Å². The van der Waals surface area contributed by atoms with Crippen molar-refractivity contribution in [3.05, 3.63) is 0 Å². The van der Waals surface area contributed by atoms with E-state index in [1.807, 2.05) is 0 Å². The van der Waals surface area contributed by atoms with E-state index >= 15 is 0 Å². The van der Waals surface area contributed by atoms with Gasteiger partial charge in [0.2, 0.25) is 0 Å². The highest BCUT2D eigenvalue weighted by atomic mass is 16.5. The topological polar surface area (TPSA) is 21.3 Å². The molecule has 0 amide bonds. The zero-order chi connectivity index (χ0) is 11.7. The quantitative estimate of drug-likeness (QED) is 0.597. The summed E-state index contributed by atoms with van der Waals surface area (Å²) in [5, 5.41) is 3.50. The van der Waals surface area contributed by atoms with Crippen molar-refractivity contribution in [1.82, 2.24) is 5.32 Å². The smallest absolute Gasteiger partial charge is 0.0464 e. The summed E-state index contributed by atoms with van der Waals surface area (Å²) in [7, 11) is 1.78. The second-order valence-corrected chi connectivity index (χ2v) is 5.12. The zero-order valence-corrected chi connectivity index (χ0v) is 11.2. The van der Waals surface area contributed by atoms with Gasteiger partial charge in [-0.2, -0.15) is 0 Å². The van der Waals surface area contributed by atoms with Gasteiger partial charge in [0.1, 0.15) is 0 Å². The van der Waals surface area contributed by atoms with Crippen LogP contribution in [0.2, 0.25) is 0 Å². The molecule has 0 aromatic carbocycles. The van der Waals surface area contributed by atoms with Gasteiger partial charge < -0.3 is 10.1 Å². The maximum atomic E-state index is 5.10. The van der Waals surface area contributed by atoms with Gasteiger partial charge in [0.25, 0.3) is 0 Å². The molecule has 0 rings (SSSR count). The first-order valence-corrected chi connectivity index (χ1v) is 6.27. The number of nitrogens with one attached hydrogen (secondary N) is 1. The molecule has 2 unspecified atom stereocenters. The lowest BCUT2D eigenvalue weighted by atomic mass is 9.90. The highest BCUT2D eigenvalue weighted by Crippen LogP contribution is 2.17. The molecule has 0 radical (unpaired) electrons. The van der Waals surface area contributed by atoms with Crippen LogP contribution in [0.25, 0.3) is 0 Å². The first-order chi connectivity index (χ1) is 7.07. The second-order valence-electron chi connectivity index (χ2n) is 5.12. The Labute approximate surface area is 95.8 Å². The summed E-state index contributed by atoms with van der Waals surface area (Å²) in [5.41, 5.74) is 0. The van der Waals surface area contributed by atoms with Crippen molar-refractivity contribution >= 4 is 0 Å². The van der Waals surface area contributed by atoms with Gasteiger partial charge in [0.15, 0.2) is 0 Å². The Morgan fingerprint density at radius 3 is 2.13 bits per heavy atom. The highest BCUT2D eigenvalue weighted by molar-refractivity contribution is 4.64. The van der Waals surface area contributed by atoms with Gasteiger partial charge in [-0.1, -0.05) is 27.7 Å². The Kier molecular flexibility index (Phi) is 9.12.